The van der Waals surface area contributed by atoms with Crippen molar-refractivity contribution in [3.8, 4) is 0 Å². The van der Waals surface area contributed by atoms with Gasteiger partial charge in [-0.2, -0.15) is 0 Å². The minimum Gasteiger partial charge on any atom is -0.444 e. The van der Waals surface area contributed by atoms with Crippen molar-refractivity contribution in [2.75, 3.05) is 13.2 Å². The monoisotopic (exact) mass is 312 g/mol. The van der Waals surface area contributed by atoms with Gasteiger partial charge in [-0.05, 0) is 66.2 Å². The molecule has 1 saturated carbocycles. The predicted molar refractivity (Wildman–Crippen MR) is 87.0 cm³/mol. The molecule has 2 fully saturated rings. The third-order valence-electron chi connectivity index (χ3n) is 4.46. The summed E-state index contributed by atoms with van der Waals surface area (Å²) in [6.07, 6.45) is 6.29. The third kappa shape index (κ3) is 5.76. The highest BCUT2D eigenvalue weighted by atomic mass is 16.6. The first-order valence-corrected chi connectivity index (χ1v) is 8.63. The molecule has 0 aromatic rings. The van der Waals surface area contributed by atoms with Gasteiger partial charge in [0.25, 0.3) is 0 Å². The van der Waals surface area contributed by atoms with Gasteiger partial charge in [-0.3, -0.25) is 0 Å². The van der Waals surface area contributed by atoms with Crippen LogP contribution in [0.5, 0.6) is 0 Å². The second kappa shape index (κ2) is 7.18. The van der Waals surface area contributed by atoms with Gasteiger partial charge in [-0.15, -0.1) is 0 Å². The summed E-state index contributed by atoms with van der Waals surface area (Å²) in [6.45, 7) is 9.63. The Morgan fingerprint density at radius 1 is 1.27 bits per heavy atom. The Bertz CT molecular complexity index is 373. The Hall–Kier alpha value is -0.810. The Kier molecular flexibility index (Phi) is 5.72. The van der Waals surface area contributed by atoms with Crippen LogP contribution in [0.4, 0.5) is 4.79 Å². The molecule has 2 rings (SSSR count). The molecule has 0 spiro atoms. The number of carbonyl (C=O) groups is 1. The molecule has 0 aromatic heterocycles. The van der Waals surface area contributed by atoms with Crippen molar-refractivity contribution in [3.63, 3.8) is 0 Å². The first-order chi connectivity index (χ1) is 10.3. The van der Waals surface area contributed by atoms with Crippen molar-refractivity contribution >= 4 is 6.09 Å². The van der Waals surface area contributed by atoms with Crippen molar-refractivity contribution in [1.29, 1.82) is 0 Å². The molecule has 1 aliphatic heterocycles. The molecule has 5 heteroatoms. The smallest absolute Gasteiger partial charge is 0.407 e. The number of carbonyl (C=O) groups excluding carboxylic acids is 1. The van der Waals surface area contributed by atoms with Crippen LogP contribution in [0.3, 0.4) is 0 Å². The first-order valence-electron chi connectivity index (χ1n) is 8.63. The van der Waals surface area contributed by atoms with Gasteiger partial charge < -0.3 is 20.1 Å². The van der Waals surface area contributed by atoms with Gasteiger partial charge in [0.1, 0.15) is 5.60 Å². The van der Waals surface area contributed by atoms with Gasteiger partial charge in [-0.1, -0.05) is 0 Å². The van der Waals surface area contributed by atoms with E-state index in [1.807, 2.05) is 20.8 Å². The summed E-state index contributed by atoms with van der Waals surface area (Å²) in [5.41, 5.74) is -0.448. The third-order valence-corrected chi connectivity index (χ3v) is 4.46. The second-order valence-electron chi connectivity index (χ2n) is 7.99. The zero-order valence-electron chi connectivity index (χ0n) is 14.5. The number of hydrogen-bond acceptors (Lipinski definition) is 4. The van der Waals surface area contributed by atoms with E-state index in [2.05, 4.69) is 17.6 Å². The fourth-order valence-corrected chi connectivity index (χ4v) is 3.32. The molecule has 2 N–H and O–H groups in total. The van der Waals surface area contributed by atoms with Crippen LogP contribution < -0.4 is 10.6 Å². The molecule has 0 radical (unpaired) electrons. The molecule has 1 aliphatic carbocycles. The van der Waals surface area contributed by atoms with E-state index in [9.17, 15) is 4.79 Å². The summed E-state index contributed by atoms with van der Waals surface area (Å²) in [5, 5.41) is 6.65. The van der Waals surface area contributed by atoms with E-state index >= 15 is 0 Å². The Morgan fingerprint density at radius 3 is 2.64 bits per heavy atom. The van der Waals surface area contributed by atoms with E-state index < -0.39 is 5.60 Å². The standard InChI is InChI=1S/C17H32N2O3/c1-16(2,3)22-15(20)19-14-8-5-7-13(11-14)18-12-17(4)9-6-10-21-17/h13-14,18H,5-12H2,1-4H3,(H,19,20). The minimum atomic E-state index is -0.440. The van der Waals surface area contributed by atoms with Crippen molar-refractivity contribution in [2.45, 2.75) is 89.5 Å². The highest BCUT2D eigenvalue weighted by Crippen LogP contribution is 2.25. The van der Waals surface area contributed by atoms with Crippen molar-refractivity contribution in [1.82, 2.24) is 10.6 Å². The number of nitrogens with one attached hydrogen (secondary N) is 2. The molecule has 128 valence electrons. The lowest BCUT2D eigenvalue weighted by molar-refractivity contribution is 0.0170. The van der Waals surface area contributed by atoms with Crippen LogP contribution in [0.25, 0.3) is 0 Å². The fourth-order valence-electron chi connectivity index (χ4n) is 3.32. The average Bonchev–Trinajstić information content (AvgIpc) is 2.82. The molecular formula is C17H32N2O3. The van der Waals surface area contributed by atoms with Gasteiger partial charge in [0.2, 0.25) is 0 Å². The predicted octanol–water partition coefficient (Wildman–Crippen LogP) is 2.98. The van der Waals surface area contributed by atoms with Gasteiger partial charge >= 0.3 is 6.09 Å². The zero-order chi connectivity index (χ0) is 16.2. The SMILES string of the molecule is CC(C)(C)OC(=O)NC1CCCC(NCC2(C)CCCO2)C1. The molecule has 5 nitrogen and oxygen atoms in total. The number of alkyl carbamates (subject to hydrolysis) is 1. The molecule has 0 bridgehead atoms. The van der Waals surface area contributed by atoms with Crippen LogP contribution in [0.2, 0.25) is 0 Å². The summed E-state index contributed by atoms with van der Waals surface area (Å²) < 4.78 is 11.2. The Morgan fingerprint density at radius 2 is 2.00 bits per heavy atom. The maximum atomic E-state index is 11.9. The fraction of sp³-hybridized carbons (Fsp3) is 0.941. The summed E-state index contributed by atoms with van der Waals surface area (Å²) >= 11 is 0. The van der Waals surface area contributed by atoms with Crippen LogP contribution >= 0.6 is 0 Å². The molecule has 1 amide bonds. The number of amides is 1. The topological polar surface area (TPSA) is 59.6 Å². The maximum absolute atomic E-state index is 11.9. The molecule has 2 aliphatic rings. The lowest BCUT2D eigenvalue weighted by Gasteiger charge is -2.33. The van der Waals surface area contributed by atoms with Gasteiger partial charge in [0, 0.05) is 25.2 Å². The largest absolute Gasteiger partial charge is 0.444 e. The van der Waals surface area contributed by atoms with Crippen LogP contribution in [-0.2, 0) is 9.47 Å². The molecular weight excluding hydrogens is 280 g/mol. The summed E-state index contributed by atoms with van der Waals surface area (Å²) in [7, 11) is 0. The van der Waals surface area contributed by atoms with E-state index in [-0.39, 0.29) is 17.7 Å². The summed E-state index contributed by atoms with van der Waals surface area (Å²) in [5.74, 6) is 0. The quantitative estimate of drug-likeness (QED) is 0.838. The highest BCUT2D eigenvalue weighted by Gasteiger charge is 2.31. The van der Waals surface area contributed by atoms with Crippen LogP contribution in [0.1, 0.15) is 66.2 Å². The Balaban J connectivity index is 1.73. The number of ether oxygens (including phenoxy) is 2. The highest BCUT2D eigenvalue weighted by molar-refractivity contribution is 5.68. The minimum absolute atomic E-state index is 0.00840. The maximum Gasteiger partial charge on any atom is 0.407 e. The zero-order valence-corrected chi connectivity index (χ0v) is 14.5. The van der Waals surface area contributed by atoms with Crippen molar-refractivity contribution in [3.05, 3.63) is 0 Å². The molecule has 1 saturated heterocycles. The Labute approximate surface area is 134 Å². The van der Waals surface area contributed by atoms with Gasteiger partial charge in [-0.25, -0.2) is 4.79 Å². The van der Waals surface area contributed by atoms with Crippen molar-refractivity contribution in [2.24, 2.45) is 0 Å². The lowest BCUT2D eigenvalue weighted by atomic mass is 9.90. The number of hydrogen-bond donors (Lipinski definition) is 2. The summed E-state index contributed by atoms with van der Waals surface area (Å²) in [4.78, 5) is 11.9. The van der Waals surface area contributed by atoms with E-state index in [0.717, 1.165) is 45.3 Å². The van der Waals surface area contributed by atoms with E-state index in [1.54, 1.807) is 0 Å². The van der Waals surface area contributed by atoms with E-state index in [4.69, 9.17) is 9.47 Å². The van der Waals surface area contributed by atoms with E-state index in [1.165, 1.54) is 6.42 Å². The normalized spacial score (nSPS) is 32.7. The first kappa shape index (κ1) is 17.5. The molecule has 3 atom stereocenters. The van der Waals surface area contributed by atoms with Crippen LogP contribution in [-0.4, -0.2) is 42.5 Å². The van der Waals surface area contributed by atoms with Crippen molar-refractivity contribution < 1.29 is 14.3 Å². The molecule has 3 unspecified atom stereocenters. The van der Waals surface area contributed by atoms with Crippen LogP contribution in [0, 0.1) is 0 Å². The number of rotatable bonds is 4. The average molecular weight is 312 g/mol. The van der Waals surface area contributed by atoms with E-state index in [0.29, 0.717) is 6.04 Å². The summed E-state index contributed by atoms with van der Waals surface area (Å²) in [6, 6.07) is 0.660. The second-order valence-corrected chi connectivity index (χ2v) is 7.99. The van der Waals surface area contributed by atoms with Gasteiger partial charge in [0.15, 0.2) is 0 Å². The molecule has 0 aromatic carbocycles. The lowest BCUT2D eigenvalue weighted by Crippen LogP contribution is -2.48. The molecule has 22 heavy (non-hydrogen) atoms. The van der Waals surface area contributed by atoms with Gasteiger partial charge in [0.05, 0.1) is 5.60 Å². The van der Waals surface area contributed by atoms with Crippen LogP contribution in [0.15, 0.2) is 0 Å². The molecule has 1 heterocycles.